The number of halogens is 1. The molecule has 3 atom stereocenters. The Bertz CT molecular complexity index is 830. The van der Waals surface area contributed by atoms with Crippen molar-refractivity contribution < 1.29 is 24.2 Å². The number of phenolic OH excluding ortho intramolecular Hbond substituents is 1. The Morgan fingerprint density at radius 2 is 1.92 bits per heavy atom. The lowest BCUT2D eigenvalue weighted by Gasteiger charge is -2.17. The maximum absolute atomic E-state index is 13.4. The smallest absolute Gasteiger partial charge is 0.330 e. The summed E-state index contributed by atoms with van der Waals surface area (Å²) in [5, 5.41) is 21.7. The van der Waals surface area contributed by atoms with Gasteiger partial charge in [-0.1, -0.05) is 30.3 Å². The van der Waals surface area contributed by atoms with Gasteiger partial charge in [0.1, 0.15) is 17.6 Å². The van der Waals surface area contributed by atoms with E-state index in [0.717, 1.165) is 6.07 Å². The topological polar surface area (TPSA) is 111 Å². The molecule has 3 unspecified atom stereocenters. The van der Waals surface area contributed by atoms with E-state index < -0.39 is 29.8 Å². The Hall–Kier alpha value is -2.97. The van der Waals surface area contributed by atoms with Crippen LogP contribution in [0.15, 0.2) is 48.5 Å². The third-order valence-corrected chi connectivity index (χ3v) is 4.25. The Morgan fingerprint density at radius 3 is 2.62 bits per heavy atom. The SMILES string of the molecule is O=C(NC(C(=O)O)c1cccc(F)c1)C1CC(c2ccccc2O)NN1. The third kappa shape index (κ3) is 3.81. The third-order valence-electron chi connectivity index (χ3n) is 4.25. The van der Waals surface area contributed by atoms with Gasteiger partial charge in [0.15, 0.2) is 6.04 Å². The van der Waals surface area contributed by atoms with Crippen LogP contribution in [0.3, 0.4) is 0 Å². The zero-order chi connectivity index (χ0) is 18.7. The largest absolute Gasteiger partial charge is 0.508 e. The number of carboxylic acid groups (broad SMARTS) is 1. The lowest BCUT2D eigenvalue weighted by Crippen LogP contribution is -2.46. The summed E-state index contributed by atoms with van der Waals surface area (Å²) in [5.74, 6) is -2.29. The van der Waals surface area contributed by atoms with Crippen molar-refractivity contribution >= 4 is 11.9 Å². The van der Waals surface area contributed by atoms with Gasteiger partial charge in [0.05, 0.1) is 6.04 Å². The minimum absolute atomic E-state index is 0.107. The van der Waals surface area contributed by atoms with Crippen LogP contribution in [0.1, 0.15) is 29.6 Å². The van der Waals surface area contributed by atoms with E-state index in [-0.39, 0.29) is 17.4 Å². The molecule has 1 fully saturated rings. The number of amides is 1. The molecule has 5 N–H and O–H groups in total. The molecule has 0 spiro atoms. The average molecular weight is 359 g/mol. The Balaban J connectivity index is 1.69. The van der Waals surface area contributed by atoms with Crippen molar-refractivity contribution in [2.45, 2.75) is 24.5 Å². The van der Waals surface area contributed by atoms with E-state index in [1.807, 2.05) is 0 Å². The molecule has 2 aromatic carbocycles. The van der Waals surface area contributed by atoms with E-state index in [0.29, 0.717) is 12.0 Å². The molecule has 1 aliphatic rings. The number of carbonyl (C=O) groups excluding carboxylic acids is 1. The van der Waals surface area contributed by atoms with Gasteiger partial charge in [-0.2, -0.15) is 0 Å². The zero-order valence-electron chi connectivity index (χ0n) is 13.6. The number of phenols is 1. The summed E-state index contributed by atoms with van der Waals surface area (Å²) >= 11 is 0. The van der Waals surface area contributed by atoms with Crippen LogP contribution in [-0.4, -0.2) is 28.1 Å². The van der Waals surface area contributed by atoms with E-state index in [2.05, 4.69) is 16.2 Å². The summed E-state index contributed by atoms with van der Waals surface area (Å²) in [6.07, 6.45) is 0.318. The predicted molar refractivity (Wildman–Crippen MR) is 90.4 cm³/mol. The van der Waals surface area contributed by atoms with Crippen molar-refractivity contribution in [1.82, 2.24) is 16.2 Å². The fraction of sp³-hybridized carbons (Fsp3) is 0.222. The minimum Gasteiger partial charge on any atom is -0.508 e. The summed E-state index contributed by atoms with van der Waals surface area (Å²) in [6, 6.07) is 9.49. The van der Waals surface area contributed by atoms with Crippen molar-refractivity contribution in [2.24, 2.45) is 0 Å². The van der Waals surface area contributed by atoms with Gasteiger partial charge >= 0.3 is 5.97 Å². The van der Waals surface area contributed by atoms with Gasteiger partial charge in [0, 0.05) is 5.56 Å². The number of carboxylic acids is 1. The highest BCUT2D eigenvalue weighted by atomic mass is 19.1. The fourth-order valence-electron chi connectivity index (χ4n) is 2.93. The number of rotatable bonds is 5. The summed E-state index contributed by atoms with van der Waals surface area (Å²) in [4.78, 5) is 23.9. The minimum atomic E-state index is -1.36. The first-order chi connectivity index (χ1) is 12.5. The summed E-state index contributed by atoms with van der Waals surface area (Å²) < 4.78 is 13.4. The quantitative estimate of drug-likeness (QED) is 0.552. The molecule has 0 saturated carbocycles. The second kappa shape index (κ2) is 7.51. The number of hydrazine groups is 1. The first-order valence-electron chi connectivity index (χ1n) is 8.03. The van der Waals surface area contributed by atoms with E-state index in [4.69, 9.17) is 0 Å². The van der Waals surface area contributed by atoms with Crippen LogP contribution in [0.5, 0.6) is 5.75 Å². The molecule has 1 heterocycles. The Kier molecular flexibility index (Phi) is 5.15. The molecule has 0 bridgehead atoms. The Labute approximate surface area is 148 Å². The highest BCUT2D eigenvalue weighted by molar-refractivity contribution is 5.87. The Morgan fingerprint density at radius 1 is 1.15 bits per heavy atom. The van der Waals surface area contributed by atoms with Gasteiger partial charge in [-0.25, -0.2) is 20.0 Å². The van der Waals surface area contributed by atoms with Crippen LogP contribution in [-0.2, 0) is 9.59 Å². The lowest BCUT2D eigenvalue weighted by atomic mass is 10.00. The van der Waals surface area contributed by atoms with Gasteiger partial charge in [0.25, 0.3) is 0 Å². The molecule has 3 rings (SSSR count). The number of para-hydroxylation sites is 1. The molecule has 2 aromatic rings. The summed E-state index contributed by atoms with van der Waals surface area (Å²) in [7, 11) is 0. The first kappa shape index (κ1) is 17.8. The predicted octanol–water partition coefficient (Wildman–Crippen LogP) is 1.38. The molecule has 1 amide bonds. The molecule has 7 nitrogen and oxygen atoms in total. The number of aromatic hydroxyl groups is 1. The number of hydrogen-bond donors (Lipinski definition) is 5. The molecule has 0 radical (unpaired) electrons. The highest BCUT2D eigenvalue weighted by Crippen LogP contribution is 2.29. The number of nitrogens with one attached hydrogen (secondary N) is 3. The molecule has 0 aliphatic carbocycles. The molecule has 136 valence electrons. The second-order valence-corrected chi connectivity index (χ2v) is 6.02. The zero-order valence-corrected chi connectivity index (χ0v) is 13.6. The van der Waals surface area contributed by atoms with Gasteiger partial charge in [-0.15, -0.1) is 0 Å². The monoisotopic (exact) mass is 359 g/mol. The van der Waals surface area contributed by atoms with Crippen molar-refractivity contribution in [1.29, 1.82) is 0 Å². The van der Waals surface area contributed by atoms with Gasteiger partial charge < -0.3 is 15.5 Å². The summed E-state index contributed by atoms with van der Waals surface area (Å²) in [6.45, 7) is 0. The standard InChI is InChI=1S/C18H18FN3O4/c19-11-5-3-4-10(8-11)16(18(25)26)20-17(24)14-9-13(21-22-14)12-6-1-2-7-15(12)23/h1-8,13-14,16,21-23H,9H2,(H,20,24)(H,25,26). The number of carbonyl (C=O) groups is 2. The van der Waals surface area contributed by atoms with E-state index in [1.165, 1.54) is 18.2 Å². The number of hydrogen-bond acceptors (Lipinski definition) is 5. The maximum atomic E-state index is 13.4. The summed E-state index contributed by atoms with van der Waals surface area (Å²) in [5.41, 5.74) is 6.50. The van der Waals surface area contributed by atoms with Crippen LogP contribution in [0.2, 0.25) is 0 Å². The van der Waals surface area contributed by atoms with Crippen LogP contribution >= 0.6 is 0 Å². The van der Waals surface area contributed by atoms with Crippen molar-refractivity contribution in [2.75, 3.05) is 0 Å². The molecule has 26 heavy (non-hydrogen) atoms. The van der Waals surface area contributed by atoms with Crippen LogP contribution in [0, 0.1) is 5.82 Å². The molecule has 8 heteroatoms. The lowest BCUT2D eigenvalue weighted by molar-refractivity contribution is -0.142. The molecular formula is C18H18FN3O4. The van der Waals surface area contributed by atoms with Crippen molar-refractivity contribution in [3.8, 4) is 5.75 Å². The van der Waals surface area contributed by atoms with Crippen molar-refractivity contribution in [3.05, 3.63) is 65.5 Å². The molecule has 1 aliphatic heterocycles. The average Bonchev–Trinajstić information content (AvgIpc) is 3.09. The van der Waals surface area contributed by atoms with Gasteiger partial charge in [0.2, 0.25) is 5.91 Å². The maximum Gasteiger partial charge on any atom is 0.330 e. The van der Waals surface area contributed by atoms with Crippen LogP contribution < -0.4 is 16.2 Å². The molecule has 0 aromatic heterocycles. The molecular weight excluding hydrogens is 341 g/mol. The fourth-order valence-corrected chi connectivity index (χ4v) is 2.93. The van der Waals surface area contributed by atoms with E-state index >= 15 is 0 Å². The van der Waals surface area contributed by atoms with Crippen LogP contribution in [0.4, 0.5) is 4.39 Å². The first-order valence-corrected chi connectivity index (χ1v) is 8.03. The normalized spacial score (nSPS) is 20.5. The second-order valence-electron chi connectivity index (χ2n) is 6.02. The van der Waals surface area contributed by atoms with E-state index in [1.54, 1.807) is 24.3 Å². The number of aliphatic carboxylic acids is 1. The molecule has 1 saturated heterocycles. The van der Waals surface area contributed by atoms with E-state index in [9.17, 15) is 24.2 Å². The van der Waals surface area contributed by atoms with Crippen LogP contribution in [0.25, 0.3) is 0 Å². The number of benzene rings is 2. The van der Waals surface area contributed by atoms with Gasteiger partial charge in [-0.05, 0) is 30.2 Å². The van der Waals surface area contributed by atoms with Crippen molar-refractivity contribution in [3.63, 3.8) is 0 Å². The highest BCUT2D eigenvalue weighted by Gasteiger charge is 2.33. The van der Waals surface area contributed by atoms with Gasteiger partial charge in [-0.3, -0.25) is 4.79 Å².